The Balaban J connectivity index is -0.000000135. The Morgan fingerprint density at radius 1 is 1.45 bits per heavy atom. The topological polar surface area (TPSA) is 74.6 Å². The zero-order chi connectivity index (χ0) is 8.15. The minimum absolute atomic E-state index is 0. The maximum Gasteiger partial charge on any atom is 2.00 e. The average molecular weight is 170 g/mol. The van der Waals surface area contributed by atoms with Crippen LogP contribution in [0.2, 0.25) is 0 Å². The number of carboxylic acid groups (broad SMARTS) is 2. The van der Waals surface area contributed by atoms with Crippen LogP contribution < -0.4 is 0 Å². The minimum Gasteiger partial charge on any atom is -1.00 e. The van der Waals surface area contributed by atoms with E-state index in [2.05, 4.69) is 0 Å². The number of hydrogen-bond donors (Lipinski definition) is 2. The summed E-state index contributed by atoms with van der Waals surface area (Å²) in [4.78, 5) is 20.1. The van der Waals surface area contributed by atoms with Crippen LogP contribution in [0.5, 0.6) is 0 Å². The van der Waals surface area contributed by atoms with Gasteiger partial charge in [-0.3, -0.25) is 0 Å². The van der Waals surface area contributed by atoms with E-state index in [-0.39, 0.29) is 37.9 Å². The van der Waals surface area contributed by atoms with Gasteiger partial charge >= 0.3 is 35.0 Å². The molecule has 4 nitrogen and oxygen atoms in total. The van der Waals surface area contributed by atoms with Gasteiger partial charge in [0.05, 0.1) is 0 Å². The van der Waals surface area contributed by atoms with Crippen molar-refractivity contribution < 1.29 is 22.7 Å². The third-order valence-electron chi connectivity index (χ3n) is 0.953. The molecule has 0 saturated heterocycles. The Hall–Kier alpha value is -0.554. The van der Waals surface area contributed by atoms with Crippen LogP contribution in [0.3, 0.4) is 0 Å². The maximum absolute atomic E-state index is 10.1. The van der Waals surface area contributed by atoms with E-state index in [0.29, 0.717) is 6.08 Å². The van der Waals surface area contributed by atoms with Crippen molar-refractivity contribution in [3.05, 3.63) is 11.6 Å². The summed E-state index contributed by atoms with van der Waals surface area (Å²) in [5.74, 6) is -2.40. The molecule has 0 atom stereocenters. The molecule has 5 heteroatoms. The molecule has 0 radical (unpaired) electrons. The molecule has 0 aliphatic rings. The summed E-state index contributed by atoms with van der Waals surface area (Å²) < 4.78 is 0. The first-order chi connectivity index (χ1) is 4.57. The number of hydrogen-bond acceptors (Lipinski definition) is 2. The first kappa shape index (κ1) is 13.1. The average Bonchev–Trinajstić information content (AvgIpc) is 1.81. The molecule has 0 aromatic heterocycles. The fourth-order valence-corrected chi connectivity index (χ4v) is 0.464. The van der Waals surface area contributed by atoms with Gasteiger partial charge in [-0.2, -0.15) is 0 Å². The quantitative estimate of drug-likeness (QED) is 0.473. The SMILES string of the molecule is CC/C(=C\C(=O)O)C(=O)O.[H-].[H-].[Mg+2]. The van der Waals surface area contributed by atoms with E-state index in [0.717, 1.165) is 0 Å². The molecule has 60 valence electrons. The van der Waals surface area contributed by atoms with Gasteiger partial charge in [-0.25, -0.2) is 9.59 Å². The largest absolute Gasteiger partial charge is 2.00 e. The van der Waals surface area contributed by atoms with Gasteiger partial charge in [0.1, 0.15) is 0 Å². The van der Waals surface area contributed by atoms with E-state index in [9.17, 15) is 9.59 Å². The summed E-state index contributed by atoms with van der Waals surface area (Å²) >= 11 is 0. The Labute approximate surface area is 83.0 Å². The molecule has 0 spiro atoms. The normalized spacial score (nSPS) is 10.1. The predicted octanol–water partition coefficient (Wildman–Crippen LogP) is 0.336. The smallest absolute Gasteiger partial charge is 1.00 e. The van der Waals surface area contributed by atoms with Gasteiger partial charge in [0.15, 0.2) is 0 Å². The summed E-state index contributed by atoms with van der Waals surface area (Å²) in [6.07, 6.45) is 0.921. The van der Waals surface area contributed by atoms with Crippen LogP contribution in [0.15, 0.2) is 11.6 Å². The molecule has 0 aromatic carbocycles. The van der Waals surface area contributed by atoms with Crippen molar-refractivity contribution in [1.29, 1.82) is 0 Å². The first-order valence-corrected chi connectivity index (χ1v) is 2.74. The number of carboxylic acids is 2. The van der Waals surface area contributed by atoms with Crippen molar-refractivity contribution in [3.63, 3.8) is 0 Å². The van der Waals surface area contributed by atoms with Crippen molar-refractivity contribution >= 4 is 35.0 Å². The van der Waals surface area contributed by atoms with Crippen LogP contribution in [0.4, 0.5) is 0 Å². The van der Waals surface area contributed by atoms with E-state index in [1.54, 1.807) is 6.92 Å². The molecule has 0 aliphatic heterocycles. The number of carbonyl (C=O) groups is 2. The zero-order valence-electron chi connectivity index (χ0n) is 8.20. The molecule has 0 saturated carbocycles. The van der Waals surface area contributed by atoms with Crippen molar-refractivity contribution in [2.75, 3.05) is 0 Å². The van der Waals surface area contributed by atoms with Crippen molar-refractivity contribution in [2.24, 2.45) is 0 Å². The molecule has 0 bridgehead atoms. The molecular weight excluding hydrogens is 160 g/mol. The van der Waals surface area contributed by atoms with Crippen molar-refractivity contribution in [2.45, 2.75) is 13.3 Å². The first-order valence-electron chi connectivity index (χ1n) is 2.74. The van der Waals surface area contributed by atoms with E-state index >= 15 is 0 Å². The minimum atomic E-state index is -1.22. The Morgan fingerprint density at radius 2 is 1.91 bits per heavy atom. The summed E-state index contributed by atoms with van der Waals surface area (Å²) in [6.45, 7) is 1.59. The maximum atomic E-state index is 10.1. The predicted molar refractivity (Wildman–Crippen MR) is 41.6 cm³/mol. The molecule has 0 aromatic rings. The van der Waals surface area contributed by atoms with E-state index < -0.39 is 11.9 Å². The second-order valence-electron chi connectivity index (χ2n) is 1.67. The van der Waals surface area contributed by atoms with Crippen LogP contribution in [0.1, 0.15) is 16.2 Å². The van der Waals surface area contributed by atoms with Crippen LogP contribution in [-0.4, -0.2) is 45.2 Å². The summed E-state index contributed by atoms with van der Waals surface area (Å²) in [5.41, 5.74) is -0.0903. The Bertz CT molecular complexity index is 193. The van der Waals surface area contributed by atoms with Gasteiger partial charge < -0.3 is 13.1 Å². The summed E-state index contributed by atoms with van der Waals surface area (Å²) in [7, 11) is 0. The van der Waals surface area contributed by atoms with E-state index in [1.807, 2.05) is 0 Å². The second kappa shape index (κ2) is 6.18. The molecule has 0 fully saturated rings. The molecule has 2 N–H and O–H groups in total. The Morgan fingerprint density at radius 3 is 2.00 bits per heavy atom. The third kappa shape index (κ3) is 5.87. The molecule has 0 heterocycles. The van der Waals surface area contributed by atoms with Gasteiger partial charge in [-0.1, -0.05) is 6.92 Å². The fraction of sp³-hybridized carbons (Fsp3) is 0.333. The Kier molecular flexibility index (Phi) is 7.34. The van der Waals surface area contributed by atoms with E-state index in [4.69, 9.17) is 10.2 Å². The monoisotopic (exact) mass is 170 g/mol. The second-order valence-corrected chi connectivity index (χ2v) is 1.67. The number of aliphatic carboxylic acids is 2. The van der Waals surface area contributed by atoms with Gasteiger partial charge in [0, 0.05) is 11.6 Å². The zero-order valence-corrected chi connectivity index (χ0v) is 7.62. The molecule has 0 aliphatic carbocycles. The van der Waals surface area contributed by atoms with Gasteiger partial charge in [-0.15, -0.1) is 0 Å². The third-order valence-corrected chi connectivity index (χ3v) is 0.953. The van der Waals surface area contributed by atoms with Crippen molar-refractivity contribution in [1.82, 2.24) is 0 Å². The fourth-order valence-electron chi connectivity index (χ4n) is 0.464. The van der Waals surface area contributed by atoms with Crippen LogP contribution >= 0.6 is 0 Å². The van der Waals surface area contributed by atoms with Gasteiger partial charge in [-0.05, 0) is 6.42 Å². The van der Waals surface area contributed by atoms with Crippen LogP contribution in [0.25, 0.3) is 0 Å². The van der Waals surface area contributed by atoms with Gasteiger partial charge in [0.2, 0.25) is 0 Å². The van der Waals surface area contributed by atoms with Crippen molar-refractivity contribution in [3.8, 4) is 0 Å². The molecule has 0 unspecified atom stereocenters. The van der Waals surface area contributed by atoms with Crippen LogP contribution in [-0.2, 0) is 9.59 Å². The van der Waals surface area contributed by atoms with Crippen LogP contribution in [0, 0.1) is 0 Å². The van der Waals surface area contributed by atoms with Gasteiger partial charge in [0.25, 0.3) is 0 Å². The summed E-state index contributed by atoms with van der Waals surface area (Å²) in [5, 5.41) is 16.4. The molecule has 0 amide bonds. The molecule has 11 heavy (non-hydrogen) atoms. The number of rotatable bonds is 3. The van der Waals surface area contributed by atoms with E-state index in [1.165, 1.54) is 0 Å². The standard InChI is InChI=1S/C6H8O4.Mg.2H/c1-2-4(6(9)10)3-5(7)8;;;/h3H,2H2,1H3,(H,7,8)(H,9,10);;;/q;+2;2*-1/b4-3+;;;. The molecular formula is C6H10MgO4. The molecule has 0 rings (SSSR count). The summed E-state index contributed by atoms with van der Waals surface area (Å²) in [6, 6.07) is 0.